The van der Waals surface area contributed by atoms with Crippen molar-refractivity contribution in [1.82, 2.24) is 14.9 Å². The van der Waals surface area contributed by atoms with Crippen LogP contribution in [0.25, 0.3) is 5.69 Å². The Hall–Kier alpha value is -1.66. The van der Waals surface area contributed by atoms with Gasteiger partial charge in [0.1, 0.15) is 4.88 Å². The SMILES string of the molecule is COC(=O)c1sccc1-n1cncc1C1CNC1. The number of rotatable bonds is 3. The summed E-state index contributed by atoms with van der Waals surface area (Å²) in [6, 6.07) is 1.92. The Morgan fingerprint density at radius 2 is 2.44 bits per heavy atom. The fraction of sp³-hybridized carbons (Fsp3) is 0.333. The van der Waals surface area contributed by atoms with Gasteiger partial charge in [-0.15, -0.1) is 11.3 Å². The molecular weight excluding hydrogens is 250 g/mol. The molecule has 94 valence electrons. The van der Waals surface area contributed by atoms with E-state index in [0.29, 0.717) is 10.8 Å². The average Bonchev–Trinajstić information content (AvgIpc) is 2.93. The van der Waals surface area contributed by atoms with Gasteiger partial charge in [-0.2, -0.15) is 0 Å². The number of carbonyl (C=O) groups excluding carboxylic acids is 1. The molecule has 5 nitrogen and oxygen atoms in total. The van der Waals surface area contributed by atoms with E-state index < -0.39 is 0 Å². The second-order valence-electron chi connectivity index (χ2n) is 4.17. The van der Waals surface area contributed by atoms with Gasteiger partial charge in [0.15, 0.2) is 0 Å². The van der Waals surface area contributed by atoms with Crippen LogP contribution in [-0.2, 0) is 4.74 Å². The Kier molecular flexibility index (Phi) is 2.89. The van der Waals surface area contributed by atoms with Gasteiger partial charge >= 0.3 is 5.97 Å². The molecule has 3 heterocycles. The summed E-state index contributed by atoms with van der Waals surface area (Å²) in [6.07, 6.45) is 3.62. The van der Waals surface area contributed by atoms with E-state index in [1.54, 1.807) is 6.33 Å². The van der Waals surface area contributed by atoms with Gasteiger partial charge in [0.25, 0.3) is 0 Å². The van der Waals surface area contributed by atoms with E-state index in [1.807, 2.05) is 22.2 Å². The number of hydrogen-bond acceptors (Lipinski definition) is 5. The smallest absolute Gasteiger partial charge is 0.350 e. The quantitative estimate of drug-likeness (QED) is 0.851. The Bertz CT molecular complexity index is 571. The Labute approximate surface area is 108 Å². The Morgan fingerprint density at radius 1 is 1.61 bits per heavy atom. The second-order valence-corrected chi connectivity index (χ2v) is 5.09. The van der Waals surface area contributed by atoms with Crippen LogP contribution in [0, 0.1) is 0 Å². The van der Waals surface area contributed by atoms with Gasteiger partial charge in [-0.1, -0.05) is 0 Å². The van der Waals surface area contributed by atoms with Crippen molar-refractivity contribution in [2.24, 2.45) is 0 Å². The van der Waals surface area contributed by atoms with Crippen LogP contribution in [0.15, 0.2) is 24.0 Å². The molecule has 1 saturated heterocycles. The number of carbonyl (C=O) groups is 1. The molecule has 0 aromatic carbocycles. The zero-order valence-corrected chi connectivity index (χ0v) is 10.7. The van der Waals surface area contributed by atoms with Crippen molar-refractivity contribution in [1.29, 1.82) is 0 Å². The molecule has 2 aromatic rings. The molecule has 0 spiro atoms. The van der Waals surface area contributed by atoms with Crippen molar-refractivity contribution < 1.29 is 9.53 Å². The zero-order chi connectivity index (χ0) is 12.5. The van der Waals surface area contributed by atoms with E-state index in [0.717, 1.165) is 24.5 Å². The Morgan fingerprint density at radius 3 is 3.11 bits per heavy atom. The molecule has 1 fully saturated rings. The van der Waals surface area contributed by atoms with Gasteiger partial charge < -0.3 is 14.6 Å². The largest absolute Gasteiger partial charge is 0.465 e. The van der Waals surface area contributed by atoms with Crippen LogP contribution in [0.2, 0.25) is 0 Å². The number of nitrogens with one attached hydrogen (secondary N) is 1. The second kappa shape index (κ2) is 4.55. The highest BCUT2D eigenvalue weighted by atomic mass is 32.1. The minimum Gasteiger partial charge on any atom is -0.465 e. The van der Waals surface area contributed by atoms with E-state index in [9.17, 15) is 4.79 Å². The molecule has 0 bridgehead atoms. The first kappa shape index (κ1) is 11.4. The fourth-order valence-electron chi connectivity index (χ4n) is 2.04. The first-order valence-corrected chi connectivity index (χ1v) is 6.58. The lowest BCUT2D eigenvalue weighted by Crippen LogP contribution is -2.40. The summed E-state index contributed by atoms with van der Waals surface area (Å²) >= 11 is 1.39. The lowest BCUT2D eigenvalue weighted by atomic mass is 10.00. The van der Waals surface area contributed by atoms with Crippen LogP contribution in [0.5, 0.6) is 0 Å². The molecule has 0 amide bonds. The minimum atomic E-state index is -0.300. The molecule has 6 heteroatoms. The van der Waals surface area contributed by atoms with E-state index in [2.05, 4.69) is 10.3 Å². The maximum absolute atomic E-state index is 11.7. The highest BCUT2D eigenvalue weighted by molar-refractivity contribution is 7.12. The standard InChI is InChI=1S/C12H13N3O2S/c1-17-12(16)11-9(2-3-18-11)15-7-14-6-10(15)8-4-13-5-8/h2-3,6-8,13H,4-5H2,1H3. The molecule has 3 rings (SSSR count). The maximum Gasteiger partial charge on any atom is 0.350 e. The first-order chi connectivity index (χ1) is 8.81. The number of ether oxygens (including phenoxy) is 1. The number of esters is 1. The van der Waals surface area contributed by atoms with Crippen molar-refractivity contribution in [3.8, 4) is 5.69 Å². The van der Waals surface area contributed by atoms with Crippen molar-refractivity contribution in [2.45, 2.75) is 5.92 Å². The molecule has 0 atom stereocenters. The summed E-state index contributed by atoms with van der Waals surface area (Å²) in [7, 11) is 1.40. The summed E-state index contributed by atoms with van der Waals surface area (Å²) in [4.78, 5) is 16.5. The summed E-state index contributed by atoms with van der Waals surface area (Å²) < 4.78 is 6.78. The van der Waals surface area contributed by atoms with E-state index in [-0.39, 0.29) is 5.97 Å². The topological polar surface area (TPSA) is 56.2 Å². The summed E-state index contributed by atoms with van der Waals surface area (Å²) in [5.74, 6) is 0.171. The third-order valence-electron chi connectivity index (χ3n) is 3.14. The molecule has 0 saturated carbocycles. The predicted molar refractivity (Wildman–Crippen MR) is 68.4 cm³/mol. The van der Waals surface area contributed by atoms with Gasteiger partial charge in [-0.25, -0.2) is 9.78 Å². The molecule has 0 aliphatic carbocycles. The van der Waals surface area contributed by atoms with Crippen molar-refractivity contribution >= 4 is 17.3 Å². The molecule has 1 aliphatic rings. The number of thiophene rings is 1. The lowest BCUT2D eigenvalue weighted by molar-refractivity contribution is 0.0606. The average molecular weight is 263 g/mol. The normalized spacial score (nSPS) is 15.4. The molecule has 2 aromatic heterocycles. The van der Waals surface area contributed by atoms with Crippen molar-refractivity contribution in [2.75, 3.05) is 20.2 Å². The highest BCUT2D eigenvalue weighted by Gasteiger charge is 2.25. The minimum absolute atomic E-state index is 0.300. The number of methoxy groups -OCH3 is 1. The fourth-order valence-corrected chi connectivity index (χ4v) is 2.84. The first-order valence-electron chi connectivity index (χ1n) is 5.70. The number of imidazole rings is 1. The predicted octanol–water partition coefficient (Wildman–Crippen LogP) is 1.41. The molecule has 0 unspecified atom stereocenters. The van der Waals surface area contributed by atoms with Crippen LogP contribution < -0.4 is 5.32 Å². The summed E-state index contributed by atoms with van der Waals surface area (Å²) in [5, 5.41) is 5.13. The van der Waals surface area contributed by atoms with Gasteiger partial charge in [0.05, 0.1) is 19.1 Å². The van der Waals surface area contributed by atoms with Crippen LogP contribution in [0.3, 0.4) is 0 Å². The molecule has 18 heavy (non-hydrogen) atoms. The molecule has 1 N–H and O–H groups in total. The third kappa shape index (κ3) is 1.74. The van der Waals surface area contributed by atoms with E-state index >= 15 is 0 Å². The summed E-state index contributed by atoms with van der Waals surface area (Å²) in [6.45, 7) is 1.92. The summed E-state index contributed by atoms with van der Waals surface area (Å²) in [5.41, 5.74) is 1.99. The molecular formula is C12H13N3O2S. The van der Waals surface area contributed by atoms with E-state index in [1.165, 1.54) is 18.4 Å². The van der Waals surface area contributed by atoms with Crippen LogP contribution in [0.4, 0.5) is 0 Å². The number of nitrogens with zero attached hydrogens (tertiary/aromatic N) is 2. The number of hydrogen-bond donors (Lipinski definition) is 1. The monoisotopic (exact) mass is 263 g/mol. The third-order valence-corrected chi connectivity index (χ3v) is 4.03. The maximum atomic E-state index is 11.7. The lowest BCUT2D eigenvalue weighted by Gasteiger charge is -2.27. The van der Waals surface area contributed by atoms with Crippen molar-refractivity contribution in [3.05, 3.63) is 34.5 Å². The van der Waals surface area contributed by atoms with Gasteiger partial charge in [-0.05, 0) is 11.4 Å². The van der Waals surface area contributed by atoms with Crippen LogP contribution in [-0.4, -0.2) is 35.7 Å². The molecule has 1 aliphatic heterocycles. The number of aromatic nitrogens is 2. The molecule has 0 radical (unpaired) electrons. The zero-order valence-electron chi connectivity index (χ0n) is 9.92. The van der Waals surface area contributed by atoms with Gasteiger partial charge in [0, 0.05) is 30.9 Å². The van der Waals surface area contributed by atoms with Gasteiger partial charge in [0.2, 0.25) is 0 Å². The van der Waals surface area contributed by atoms with Gasteiger partial charge in [-0.3, -0.25) is 0 Å². The highest BCUT2D eigenvalue weighted by Crippen LogP contribution is 2.27. The Balaban J connectivity index is 2.02. The van der Waals surface area contributed by atoms with Crippen LogP contribution >= 0.6 is 11.3 Å². The van der Waals surface area contributed by atoms with Crippen molar-refractivity contribution in [3.63, 3.8) is 0 Å². The van der Waals surface area contributed by atoms with Crippen LogP contribution in [0.1, 0.15) is 21.3 Å². The van der Waals surface area contributed by atoms with E-state index in [4.69, 9.17) is 4.74 Å².